The molecule has 3 aromatic rings. The second-order valence-electron chi connectivity index (χ2n) is 13.1. The molecular weight excluding hydrogens is 609 g/mol. The number of para-hydroxylation sites is 2. The number of ketones is 1. The molecule has 4 atom stereocenters. The summed E-state index contributed by atoms with van der Waals surface area (Å²) >= 11 is 1.32. The van der Waals surface area contributed by atoms with Crippen LogP contribution in [0.2, 0.25) is 12.6 Å². The molecule has 3 unspecified atom stereocenters. The molecule has 2 saturated heterocycles. The van der Waals surface area contributed by atoms with Crippen LogP contribution in [0, 0.1) is 10.8 Å². The Morgan fingerprint density at radius 1 is 1.15 bits per heavy atom. The molecule has 2 amide bonds. The van der Waals surface area contributed by atoms with Crippen molar-refractivity contribution in [1.82, 2.24) is 20.4 Å². The molecule has 6 N–H and O–H groups in total. The van der Waals surface area contributed by atoms with Crippen molar-refractivity contribution >= 4 is 58.4 Å². The van der Waals surface area contributed by atoms with E-state index in [0.717, 1.165) is 35.0 Å². The molecule has 47 heavy (non-hydrogen) atoms. The predicted octanol–water partition coefficient (Wildman–Crippen LogP) is 4.91. The number of rotatable bonds is 7. The van der Waals surface area contributed by atoms with Crippen LogP contribution in [-0.2, 0) is 9.59 Å². The number of aromatic nitrogens is 1. The van der Waals surface area contributed by atoms with Crippen molar-refractivity contribution in [1.29, 1.82) is 0 Å². The number of nitrogens with zero attached hydrogens (tertiary/aromatic N) is 3. The molecule has 10 nitrogen and oxygen atoms in total. The Labute approximate surface area is 281 Å². The van der Waals surface area contributed by atoms with Gasteiger partial charge in [0.2, 0.25) is 17.6 Å². The zero-order valence-corrected chi connectivity index (χ0v) is 28.4. The molecule has 2 aliphatic heterocycles. The SMILES string of the molecule is C=NC1=C(NC)CCC2(C)CC12CC.NC1CCB2CC[C@@H](C(=O)NCC(=O)c3nc4ccccc4s3)N2C1=O.Nc1ccccc1. The Kier molecular flexibility index (Phi) is 10.5. The van der Waals surface area contributed by atoms with Gasteiger partial charge in [0.25, 0.3) is 6.85 Å². The zero-order chi connectivity index (χ0) is 33.8. The third-order valence-electron chi connectivity index (χ3n) is 10.4. The Balaban J connectivity index is 0.000000171. The van der Waals surface area contributed by atoms with Gasteiger partial charge in [0, 0.05) is 23.8 Å². The maximum atomic E-state index is 12.5. The van der Waals surface area contributed by atoms with Crippen LogP contribution in [0.5, 0.6) is 0 Å². The van der Waals surface area contributed by atoms with Crippen molar-refractivity contribution in [2.24, 2.45) is 21.6 Å². The molecular formula is C35H46BN7O3S. The molecule has 0 radical (unpaired) electrons. The van der Waals surface area contributed by atoms with Crippen molar-refractivity contribution in [3.05, 3.63) is 71.0 Å². The van der Waals surface area contributed by atoms with E-state index in [-0.39, 0.29) is 31.0 Å². The Morgan fingerprint density at radius 2 is 1.85 bits per heavy atom. The number of aliphatic imine (C=N–C) groups is 1. The summed E-state index contributed by atoms with van der Waals surface area (Å²) in [6.45, 7) is 8.38. The van der Waals surface area contributed by atoms with Gasteiger partial charge in [-0.2, -0.15) is 0 Å². The monoisotopic (exact) mass is 655 g/mol. The highest BCUT2D eigenvalue weighted by molar-refractivity contribution is 7.20. The quantitative estimate of drug-likeness (QED) is 0.122. The minimum absolute atomic E-state index is 0.0954. The van der Waals surface area contributed by atoms with Crippen molar-refractivity contribution in [3.63, 3.8) is 0 Å². The fourth-order valence-electron chi connectivity index (χ4n) is 7.59. The first-order chi connectivity index (χ1) is 22.6. The standard InChI is InChI=1S/C17H19BN4O3S.C12H20N2.C6H7N/c19-10-5-7-18-8-6-12(22(18)17(10)25)15(24)20-9-13(23)16-21-11-3-1-2-4-14(11)26-16;1-5-12-8-11(12,2)7-6-9(13-3)10(12)14-4;7-6-4-2-1-3-5-6/h1-4,10,12H,5-9,19H2,(H,20,24);13H,4-8H2,1-3H3;1-5H,7H2/t10?,12-;;/m0../s1. The number of nitrogens with one attached hydrogen (secondary N) is 2. The topological polar surface area (TPSA) is 156 Å². The normalized spacial score (nSPS) is 25.8. The Bertz CT molecular complexity index is 1630. The summed E-state index contributed by atoms with van der Waals surface area (Å²) in [6, 6.07) is 16.0. The second-order valence-corrected chi connectivity index (χ2v) is 14.2. The lowest BCUT2D eigenvalue weighted by Gasteiger charge is -2.35. The molecule has 3 fully saturated rings. The minimum atomic E-state index is -0.526. The zero-order valence-electron chi connectivity index (χ0n) is 27.6. The lowest BCUT2D eigenvalue weighted by molar-refractivity contribution is -0.136. The first-order valence-electron chi connectivity index (χ1n) is 16.5. The van der Waals surface area contributed by atoms with E-state index in [2.05, 4.69) is 41.2 Å². The predicted molar refractivity (Wildman–Crippen MR) is 191 cm³/mol. The molecule has 7 rings (SSSR count). The first kappa shape index (κ1) is 34.3. The summed E-state index contributed by atoms with van der Waals surface area (Å²) < 4.78 is 0.939. The molecule has 2 aromatic carbocycles. The van der Waals surface area contributed by atoms with Gasteiger partial charge in [-0.1, -0.05) is 56.8 Å². The van der Waals surface area contributed by atoms with Crippen molar-refractivity contribution in [2.75, 3.05) is 19.3 Å². The lowest BCUT2D eigenvalue weighted by Crippen LogP contribution is -2.58. The summed E-state index contributed by atoms with van der Waals surface area (Å²) in [6.07, 6.45) is 7.87. The molecule has 3 heterocycles. The van der Waals surface area contributed by atoms with Crippen LogP contribution in [0.3, 0.4) is 0 Å². The number of allylic oxidation sites excluding steroid dienone is 2. The van der Waals surface area contributed by atoms with E-state index in [9.17, 15) is 14.4 Å². The molecule has 1 aromatic heterocycles. The summed E-state index contributed by atoms with van der Waals surface area (Å²) in [7, 11) is 1.99. The number of carbonyl (C=O) groups excluding carboxylic acids is 3. The Morgan fingerprint density at radius 3 is 2.49 bits per heavy atom. The summed E-state index contributed by atoms with van der Waals surface area (Å²) in [5.41, 5.74) is 16.2. The van der Waals surface area contributed by atoms with Crippen LogP contribution in [-0.4, -0.2) is 66.6 Å². The molecule has 0 spiro atoms. The van der Waals surface area contributed by atoms with Gasteiger partial charge in [0.05, 0.1) is 34.5 Å². The van der Waals surface area contributed by atoms with E-state index in [4.69, 9.17) is 11.5 Å². The van der Waals surface area contributed by atoms with Gasteiger partial charge < -0.3 is 26.9 Å². The van der Waals surface area contributed by atoms with Crippen molar-refractivity contribution < 1.29 is 14.4 Å². The highest BCUT2D eigenvalue weighted by Gasteiger charge is 2.66. The largest absolute Gasteiger partial charge is 0.399 e. The number of nitrogen functional groups attached to an aromatic ring is 1. The minimum Gasteiger partial charge on any atom is -0.399 e. The van der Waals surface area contributed by atoms with Crippen molar-refractivity contribution in [2.45, 2.75) is 77.1 Å². The molecule has 2 aliphatic carbocycles. The number of hydrogen-bond donors (Lipinski definition) is 4. The third kappa shape index (κ3) is 6.99. The third-order valence-corrected chi connectivity index (χ3v) is 11.5. The Hall–Kier alpha value is -4.03. The van der Waals surface area contributed by atoms with Crippen LogP contribution >= 0.6 is 11.3 Å². The average Bonchev–Trinajstić information content (AvgIpc) is 3.36. The maximum Gasteiger partial charge on any atom is 0.259 e. The second kappa shape index (κ2) is 14.4. The number of thiazole rings is 1. The first-order valence-corrected chi connectivity index (χ1v) is 17.3. The molecule has 1 saturated carbocycles. The van der Waals surface area contributed by atoms with Crippen LogP contribution in [0.25, 0.3) is 10.2 Å². The molecule has 0 bridgehead atoms. The number of Topliss-reactive ketones (excluding diaryl/α,β-unsaturated/α-hetero) is 1. The van der Waals surface area contributed by atoms with E-state index in [1.807, 2.05) is 61.6 Å². The van der Waals surface area contributed by atoms with Crippen molar-refractivity contribution in [3.8, 4) is 0 Å². The van der Waals surface area contributed by atoms with Crippen LogP contribution in [0.15, 0.2) is 71.0 Å². The van der Waals surface area contributed by atoms with Crippen LogP contribution < -0.4 is 22.1 Å². The number of hydrogen-bond acceptors (Lipinski definition) is 9. The van der Waals surface area contributed by atoms with Gasteiger partial charge in [-0.05, 0) is 74.9 Å². The van der Waals surface area contributed by atoms with Gasteiger partial charge in [-0.25, -0.2) is 4.98 Å². The highest BCUT2D eigenvalue weighted by Crippen LogP contribution is 2.74. The summed E-state index contributed by atoms with van der Waals surface area (Å²) in [5.74, 6) is -0.670. The van der Waals surface area contributed by atoms with Gasteiger partial charge in [-0.3, -0.25) is 19.4 Å². The van der Waals surface area contributed by atoms with Gasteiger partial charge in [-0.15, -0.1) is 11.3 Å². The summed E-state index contributed by atoms with van der Waals surface area (Å²) in [5, 5.41) is 6.34. The van der Waals surface area contributed by atoms with E-state index in [1.165, 1.54) is 42.0 Å². The van der Waals surface area contributed by atoms with Crippen LogP contribution in [0.1, 0.15) is 62.2 Å². The highest BCUT2D eigenvalue weighted by atomic mass is 32.1. The number of anilines is 1. The van der Waals surface area contributed by atoms with Gasteiger partial charge in [0.15, 0.2) is 5.01 Å². The molecule has 12 heteroatoms. The fourth-order valence-corrected chi connectivity index (χ4v) is 8.49. The summed E-state index contributed by atoms with van der Waals surface area (Å²) in [4.78, 5) is 47.5. The van der Waals surface area contributed by atoms with E-state index < -0.39 is 12.1 Å². The molecule has 4 aliphatic rings. The number of fused-ring (bicyclic) bond motifs is 3. The van der Waals surface area contributed by atoms with Crippen LogP contribution in [0.4, 0.5) is 5.69 Å². The number of amides is 2. The van der Waals surface area contributed by atoms with Gasteiger partial charge >= 0.3 is 0 Å². The van der Waals surface area contributed by atoms with E-state index >= 15 is 0 Å². The fraction of sp³-hybridized carbons (Fsp3) is 0.457. The average molecular weight is 656 g/mol. The number of carbonyl (C=O) groups is 3. The van der Waals surface area contributed by atoms with Gasteiger partial charge in [0.1, 0.15) is 0 Å². The number of nitrogens with two attached hydrogens (primary N) is 2. The maximum absolute atomic E-state index is 12.5. The number of benzene rings is 2. The van der Waals surface area contributed by atoms with E-state index in [0.29, 0.717) is 28.7 Å². The lowest BCUT2D eigenvalue weighted by atomic mass is 9.53. The molecule has 248 valence electrons. The van der Waals surface area contributed by atoms with E-state index in [1.54, 1.807) is 4.81 Å². The smallest absolute Gasteiger partial charge is 0.259 e.